The first-order valence-electron chi connectivity index (χ1n) is 6.23. The van der Waals surface area contributed by atoms with E-state index in [4.69, 9.17) is 10.00 Å². The SMILES string of the molecule is CC1CC1NCC(O)COc1ccc(C#N)cc1. The topological polar surface area (TPSA) is 65.3 Å². The summed E-state index contributed by atoms with van der Waals surface area (Å²) in [5.41, 5.74) is 0.604. The van der Waals surface area contributed by atoms with E-state index in [9.17, 15) is 5.11 Å². The Morgan fingerprint density at radius 1 is 1.50 bits per heavy atom. The summed E-state index contributed by atoms with van der Waals surface area (Å²) in [6, 6.07) is 9.49. The number of hydrogen-bond donors (Lipinski definition) is 2. The maximum absolute atomic E-state index is 9.73. The van der Waals surface area contributed by atoms with Crippen LogP contribution in [-0.2, 0) is 0 Å². The Bertz CT molecular complexity index is 424. The zero-order valence-corrected chi connectivity index (χ0v) is 10.5. The number of nitrogens with zero attached hydrogens (tertiary/aromatic N) is 1. The minimum Gasteiger partial charge on any atom is -0.491 e. The maximum Gasteiger partial charge on any atom is 0.119 e. The van der Waals surface area contributed by atoms with Crippen molar-refractivity contribution in [2.45, 2.75) is 25.5 Å². The van der Waals surface area contributed by atoms with Crippen LogP contribution in [0.25, 0.3) is 0 Å². The Morgan fingerprint density at radius 3 is 2.72 bits per heavy atom. The minimum absolute atomic E-state index is 0.264. The van der Waals surface area contributed by atoms with E-state index in [0.717, 1.165) is 5.92 Å². The fourth-order valence-corrected chi connectivity index (χ4v) is 1.77. The summed E-state index contributed by atoms with van der Waals surface area (Å²) in [5.74, 6) is 1.41. The lowest BCUT2D eigenvalue weighted by Gasteiger charge is -2.13. The molecule has 96 valence electrons. The van der Waals surface area contributed by atoms with Gasteiger partial charge in [-0.1, -0.05) is 6.92 Å². The van der Waals surface area contributed by atoms with Crippen molar-refractivity contribution < 1.29 is 9.84 Å². The fourth-order valence-electron chi connectivity index (χ4n) is 1.77. The molecule has 3 atom stereocenters. The average molecular weight is 246 g/mol. The van der Waals surface area contributed by atoms with Crippen LogP contribution >= 0.6 is 0 Å². The summed E-state index contributed by atoms with van der Waals surface area (Å²) < 4.78 is 5.45. The molecule has 2 N–H and O–H groups in total. The molecule has 1 aromatic carbocycles. The first-order chi connectivity index (χ1) is 8.69. The molecule has 2 rings (SSSR count). The second kappa shape index (κ2) is 5.85. The van der Waals surface area contributed by atoms with Gasteiger partial charge in [0.25, 0.3) is 0 Å². The quantitative estimate of drug-likeness (QED) is 0.794. The predicted molar refractivity (Wildman–Crippen MR) is 68.2 cm³/mol. The molecule has 0 amide bonds. The monoisotopic (exact) mass is 246 g/mol. The first kappa shape index (κ1) is 12.9. The summed E-state index contributed by atoms with van der Waals surface area (Å²) in [4.78, 5) is 0. The van der Waals surface area contributed by atoms with Gasteiger partial charge in [-0.2, -0.15) is 5.26 Å². The van der Waals surface area contributed by atoms with Crippen molar-refractivity contribution in [3.63, 3.8) is 0 Å². The van der Waals surface area contributed by atoms with Crippen molar-refractivity contribution >= 4 is 0 Å². The van der Waals surface area contributed by atoms with Crippen LogP contribution < -0.4 is 10.1 Å². The molecule has 0 heterocycles. The molecule has 0 radical (unpaired) electrons. The lowest BCUT2D eigenvalue weighted by atomic mass is 10.2. The molecular formula is C14H18N2O2. The van der Waals surface area contributed by atoms with Crippen molar-refractivity contribution in [3.8, 4) is 11.8 Å². The minimum atomic E-state index is -0.506. The second-order valence-electron chi connectivity index (χ2n) is 4.83. The molecule has 0 aromatic heterocycles. The number of ether oxygens (including phenoxy) is 1. The van der Waals surface area contributed by atoms with Crippen molar-refractivity contribution in [2.75, 3.05) is 13.2 Å². The van der Waals surface area contributed by atoms with Gasteiger partial charge in [0.2, 0.25) is 0 Å². The van der Waals surface area contributed by atoms with Crippen LogP contribution in [0, 0.1) is 17.2 Å². The molecule has 1 aliphatic carbocycles. The third-order valence-corrected chi connectivity index (χ3v) is 3.15. The second-order valence-corrected chi connectivity index (χ2v) is 4.83. The molecule has 18 heavy (non-hydrogen) atoms. The molecular weight excluding hydrogens is 228 g/mol. The van der Waals surface area contributed by atoms with Crippen LogP contribution in [0.1, 0.15) is 18.9 Å². The van der Waals surface area contributed by atoms with Gasteiger partial charge in [0.15, 0.2) is 0 Å². The Morgan fingerprint density at radius 2 is 2.17 bits per heavy atom. The zero-order valence-electron chi connectivity index (χ0n) is 10.5. The average Bonchev–Trinajstić information content (AvgIpc) is 3.10. The fraction of sp³-hybridized carbons (Fsp3) is 0.500. The van der Waals surface area contributed by atoms with Gasteiger partial charge in [-0.05, 0) is 36.6 Å². The van der Waals surface area contributed by atoms with Crippen LogP contribution in [0.4, 0.5) is 0 Å². The van der Waals surface area contributed by atoms with Crippen molar-refractivity contribution in [1.29, 1.82) is 5.26 Å². The summed E-state index contributed by atoms with van der Waals surface area (Å²) in [5, 5.41) is 21.7. The Balaban J connectivity index is 1.68. The van der Waals surface area contributed by atoms with Crippen molar-refractivity contribution in [2.24, 2.45) is 5.92 Å². The predicted octanol–water partition coefficient (Wildman–Crippen LogP) is 1.30. The number of aliphatic hydroxyl groups is 1. The largest absolute Gasteiger partial charge is 0.491 e. The van der Waals surface area contributed by atoms with E-state index < -0.39 is 6.10 Å². The number of aliphatic hydroxyl groups excluding tert-OH is 1. The van der Waals surface area contributed by atoms with E-state index in [2.05, 4.69) is 12.2 Å². The highest BCUT2D eigenvalue weighted by atomic mass is 16.5. The number of hydrogen-bond acceptors (Lipinski definition) is 4. The van der Waals surface area contributed by atoms with Crippen molar-refractivity contribution in [1.82, 2.24) is 5.32 Å². The van der Waals surface area contributed by atoms with E-state index in [1.807, 2.05) is 6.07 Å². The highest BCUT2D eigenvalue weighted by Gasteiger charge is 2.32. The van der Waals surface area contributed by atoms with Crippen LogP contribution in [-0.4, -0.2) is 30.4 Å². The number of rotatable bonds is 6. The molecule has 0 aliphatic heterocycles. The van der Waals surface area contributed by atoms with E-state index in [-0.39, 0.29) is 6.61 Å². The highest BCUT2D eigenvalue weighted by molar-refractivity contribution is 5.34. The maximum atomic E-state index is 9.73. The molecule has 1 aliphatic rings. The normalized spacial score (nSPS) is 23.2. The zero-order chi connectivity index (χ0) is 13.0. The molecule has 1 fully saturated rings. The summed E-state index contributed by atoms with van der Waals surface area (Å²) >= 11 is 0. The van der Waals surface area contributed by atoms with Gasteiger partial charge in [-0.25, -0.2) is 0 Å². The van der Waals surface area contributed by atoms with Gasteiger partial charge >= 0.3 is 0 Å². The van der Waals surface area contributed by atoms with E-state index in [1.165, 1.54) is 6.42 Å². The molecule has 0 bridgehead atoms. The van der Waals surface area contributed by atoms with Gasteiger partial charge in [0.1, 0.15) is 18.5 Å². The van der Waals surface area contributed by atoms with Gasteiger partial charge in [-0.3, -0.25) is 0 Å². The first-order valence-corrected chi connectivity index (χ1v) is 6.23. The molecule has 1 aromatic rings. The van der Waals surface area contributed by atoms with Crippen LogP contribution in [0.15, 0.2) is 24.3 Å². The Hall–Kier alpha value is -1.57. The Kier molecular flexibility index (Phi) is 4.19. The number of benzene rings is 1. The van der Waals surface area contributed by atoms with Crippen LogP contribution in [0.3, 0.4) is 0 Å². The van der Waals surface area contributed by atoms with E-state index >= 15 is 0 Å². The van der Waals surface area contributed by atoms with Gasteiger partial charge in [0.05, 0.1) is 11.6 Å². The van der Waals surface area contributed by atoms with Gasteiger partial charge in [0, 0.05) is 12.6 Å². The van der Waals surface area contributed by atoms with Gasteiger partial charge in [-0.15, -0.1) is 0 Å². The Labute approximate surface area is 107 Å². The third kappa shape index (κ3) is 3.73. The molecule has 1 saturated carbocycles. The van der Waals surface area contributed by atoms with Crippen molar-refractivity contribution in [3.05, 3.63) is 29.8 Å². The highest BCUT2D eigenvalue weighted by Crippen LogP contribution is 2.28. The van der Waals surface area contributed by atoms with E-state index in [0.29, 0.717) is 23.9 Å². The standard InChI is InChI=1S/C14H18N2O2/c1-10-6-14(10)16-8-12(17)9-18-13-4-2-11(7-15)3-5-13/h2-5,10,12,14,16-17H,6,8-9H2,1H3. The molecule has 0 saturated heterocycles. The third-order valence-electron chi connectivity index (χ3n) is 3.15. The molecule has 3 unspecified atom stereocenters. The lowest BCUT2D eigenvalue weighted by Crippen LogP contribution is -2.33. The van der Waals surface area contributed by atoms with E-state index in [1.54, 1.807) is 24.3 Å². The summed E-state index contributed by atoms with van der Waals surface area (Å²) in [6.45, 7) is 3.02. The molecule has 0 spiro atoms. The summed E-state index contributed by atoms with van der Waals surface area (Å²) in [6.07, 6.45) is 0.692. The van der Waals surface area contributed by atoms with Crippen LogP contribution in [0.5, 0.6) is 5.75 Å². The summed E-state index contributed by atoms with van der Waals surface area (Å²) in [7, 11) is 0. The lowest BCUT2D eigenvalue weighted by molar-refractivity contribution is 0.106. The number of nitrogens with one attached hydrogen (secondary N) is 1. The molecule has 4 nitrogen and oxygen atoms in total. The molecule has 4 heteroatoms. The smallest absolute Gasteiger partial charge is 0.119 e. The van der Waals surface area contributed by atoms with Crippen LogP contribution in [0.2, 0.25) is 0 Å². The number of nitriles is 1. The van der Waals surface area contributed by atoms with Gasteiger partial charge < -0.3 is 15.2 Å².